The Morgan fingerprint density at radius 2 is 1.48 bits per heavy atom. The molecule has 0 bridgehead atoms. The SMILES string of the molecule is Cc1ccc(N)cc1C(=O)c1ccc(C)c2ccccc12. The number of aryl methyl sites for hydroxylation is 2. The molecule has 2 heteroatoms. The third-order valence-electron chi connectivity index (χ3n) is 3.89. The fourth-order valence-corrected chi connectivity index (χ4v) is 2.68. The van der Waals surface area contributed by atoms with Crippen LogP contribution in [0.4, 0.5) is 5.69 Å². The number of ketones is 1. The minimum Gasteiger partial charge on any atom is -0.399 e. The van der Waals surface area contributed by atoms with Gasteiger partial charge in [0.1, 0.15) is 0 Å². The molecule has 2 nitrogen and oxygen atoms in total. The van der Waals surface area contributed by atoms with Crippen molar-refractivity contribution in [2.45, 2.75) is 13.8 Å². The average Bonchev–Trinajstić information content (AvgIpc) is 2.50. The van der Waals surface area contributed by atoms with Gasteiger partial charge < -0.3 is 5.73 Å². The zero-order valence-electron chi connectivity index (χ0n) is 12.2. The Morgan fingerprint density at radius 1 is 0.810 bits per heavy atom. The van der Waals surface area contributed by atoms with E-state index in [0.29, 0.717) is 11.3 Å². The van der Waals surface area contributed by atoms with Crippen molar-refractivity contribution in [2.75, 3.05) is 5.73 Å². The van der Waals surface area contributed by atoms with Gasteiger partial charge in [-0.25, -0.2) is 0 Å². The van der Waals surface area contributed by atoms with Crippen LogP contribution < -0.4 is 5.73 Å². The summed E-state index contributed by atoms with van der Waals surface area (Å²) in [6, 6.07) is 17.4. The van der Waals surface area contributed by atoms with E-state index in [4.69, 9.17) is 5.73 Å². The predicted octanol–water partition coefficient (Wildman–Crippen LogP) is 4.27. The van der Waals surface area contributed by atoms with Gasteiger partial charge in [-0.05, 0) is 47.9 Å². The first-order chi connectivity index (χ1) is 10.1. The van der Waals surface area contributed by atoms with Crippen LogP contribution in [0.3, 0.4) is 0 Å². The van der Waals surface area contributed by atoms with Gasteiger partial charge in [-0.2, -0.15) is 0 Å². The highest BCUT2D eigenvalue weighted by Gasteiger charge is 2.15. The number of fused-ring (bicyclic) bond motifs is 1. The summed E-state index contributed by atoms with van der Waals surface area (Å²) in [4.78, 5) is 12.9. The first-order valence-corrected chi connectivity index (χ1v) is 6.97. The Morgan fingerprint density at radius 3 is 2.24 bits per heavy atom. The molecule has 0 saturated heterocycles. The topological polar surface area (TPSA) is 43.1 Å². The summed E-state index contributed by atoms with van der Waals surface area (Å²) in [7, 11) is 0. The van der Waals surface area contributed by atoms with Crippen molar-refractivity contribution in [3.8, 4) is 0 Å². The van der Waals surface area contributed by atoms with Gasteiger partial charge in [0, 0.05) is 16.8 Å². The van der Waals surface area contributed by atoms with Gasteiger partial charge in [0.2, 0.25) is 0 Å². The molecule has 3 aromatic carbocycles. The molecule has 3 aromatic rings. The summed E-state index contributed by atoms with van der Waals surface area (Å²) >= 11 is 0. The fourth-order valence-electron chi connectivity index (χ4n) is 2.68. The number of carbonyl (C=O) groups is 1. The standard InChI is InChI=1S/C19H17NO/c1-12-8-10-17(16-6-4-3-5-15(12)16)19(21)18-11-14(20)9-7-13(18)2/h3-11H,20H2,1-2H3. The van der Waals surface area contributed by atoms with Crippen molar-refractivity contribution >= 4 is 22.2 Å². The van der Waals surface area contributed by atoms with Crippen LogP contribution in [0.5, 0.6) is 0 Å². The van der Waals surface area contributed by atoms with Gasteiger partial charge in [0.25, 0.3) is 0 Å². The smallest absolute Gasteiger partial charge is 0.193 e. The maximum absolute atomic E-state index is 12.9. The highest BCUT2D eigenvalue weighted by atomic mass is 16.1. The van der Waals surface area contributed by atoms with Crippen molar-refractivity contribution in [1.82, 2.24) is 0 Å². The Hall–Kier alpha value is -2.61. The van der Waals surface area contributed by atoms with Crippen LogP contribution >= 0.6 is 0 Å². The molecule has 21 heavy (non-hydrogen) atoms. The van der Waals surface area contributed by atoms with E-state index < -0.39 is 0 Å². The second-order valence-corrected chi connectivity index (χ2v) is 5.38. The normalized spacial score (nSPS) is 10.8. The molecule has 0 saturated carbocycles. The molecule has 104 valence electrons. The Balaban J connectivity index is 2.23. The largest absolute Gasteiger partial charge is 0.399 e. The van der Waals surface area contributed by atoms with Gasteiger partial charge in [-0.15, -0.1) is 0 Å². The van der Waals surface area contributed by atoms with Crippen molar-refractivity contribution in [3.05, 3.63) is 76.9 Å². The van der Waals surface area contributed by atoms with Crippen LogP contribution in [0.2, 0.25) is 0 Å². The third-order valence-corrected chi connectivity index (χ3v) is 3.89. The molecule has 0 heterocycles. The Bertz CT molecular complexity index is 849. The number of nitrogens with two attached hydrogens (primary N) is 1. The summed E-state index contributed by atoms with van der Waals surface area (Å²) < 4.78 is 0. The summed E-state index contributed by atoms with van der Waals surface area (Å²) in [5, 5.41) is 2.11. The number of rotatable bonds is 2. The molecule has 0 amide bonds. The van der Waals surface area contributed by atoms with Crippen LogP contribution in [-0.2, 0) is 0 Å². The van der Waals surface area contributed by atoms with E-state index >= 15 is 0 Å². The van der Waals surface area contributed by atoms with Gasteiger partial charge >= 0.3 is 0 Å². The number of hydrogen-bond acceptors (Lipinski definition) is 2. The maximum Gasteiger partial charge on any atom is 0.193 e. The molecule has 3 rings (SSSR count). The van der Waals surface area contributed by atoms with Gasteiger partial charge in [0.15, 0.2) is 5.78 Å². The molecular formula is C19H17NO. The number of hydrogen-bond donors (Lipinski definition) is 1. The van der Waals surface area contributed by atoms with Gasteiger partial charge in [-0.3, -0.25) is 4.79 Å². The van der Waals surface area contributed by atoms with Crippen molar-refractivity contribution in [1.29, 1.82) is 0 Å². The van der Waals surface area contributed by atoms with Crippen LogP contribution in [-0.4, -0.2) is 5.78 Å². The molecule has 0 atom stereocenters. The Kier molecular flexibility index (Phi) is 3.22. The molecule has 2 N–H and O–H groups in total. The van der Waals surface area contributed by atoms with Crippen LogP contribution in [0, 0.1) is 13.8 Å². The number of anilines is 1. The summed E-state index contributed by atoms with van der Waals surface area (Å²) in [6.07, 6.45) is 0. The van der Waals surface area contributed by atoms with Crippen molar-refractivity contribution < 1.29 is 4.79 Å². The van der Waals surface area contributed by atoms with Crippen LogP contribution in [0.15, 0.2) is 54.6 Å². The lowest BCUT2D eigenvalue weighted by Crippen LogP contribution is -2.05. The molecule has 0 aliphatic carbocycles. The maximum atomic E-state index is 12.9. The van der Waals surface area contributed by atoms with E-state index in [9.17, 15) is 4.79 Å². The molecule has 0 spiro atoms. The molecular weight excluding hydrogens is 258 g/mol. The van der Waals surface area contributed by atoms with Gasteiger partial charge in [-0.1, -0.05) is 42.5 Å². The predicted molar refractivity (Wildman–Crippen MR) is 87.7 cm³/mol. The first kappa shape index (κ1) is 13.4. The first-order valence-electron chi connectivity index (χ1n) is 6.97. The lowest BCUT2D eigenvalue weighted by atomic mass is 9.93. The average molecular weight is 275 g/mol. The minimum atomic E-state index is 0.0241. The quantitative estimate of drug-likeness (QED) is 0.560. The monoisotopic (exact) mass is 275 g/mol. The van der Waals surface area contributed by atoms with Crippen molar-refractivity contribution in [3.63, 3.8) is 0 Å². The molecule has 0 aromatic heterocycles. The summed E-state index contributed by atoms with van der Waals surface area (Å²) in [5.41, 5.74) is 9.95. The zero-order valence-corrected chi connectivity index (χ0v) is 12.2. The van der Waals surface area contributed by atoms with E-state index in [-0.39, 0.29) is 5.78 Å². The number of benzene rings is 3. The molecule has 0 radical (unpaired) electrons. The second kappa shape index (κ2) is 5.06. The molecule has 0 unspecified atom stereocenters. The summed E-state index contributed by atoms with van der Waals surface area (Å²) in [5.74, 6) is 0.0241. The minimum absolute atomic E-state index is 0.0241. The van der Waals surface area contributed by atoms with E-state index in [2.05, 4.69) is 6.92 Å². The van der Waals surface area contributed by atoms with Crippen molar-refractivity contribution in [2.24, 2.45) is 0 Å². The number of nitrogen functional groups attached to an aromatic ring is 1. The van der Waals surface area contributed by atoms with Crippen LogP contribution in [0.1, 0.15) is 27.0 Å². The lowest BCUT2D eigenvalue weighted by Gasteiger charge is -2.10. The van der Waals surface area contributed by atoms with E-state index in [1.54, 1.807) is 6.07 Å². The van der Waals surface area contributed by atoms with E-state index in [0.717, 1.165) is 21.9 Å². The highest BCUT2D eigenvalue weighted by Crippen LogP contribution is 2.26. The van der Waals surface area contributed by atoms with E-state index in [1.165, 1.54) is 5.56 Å². The molecule has 0 fully saturated rings. The van der Waals surface area contributed by atoms with E-state index in [1.807, 2.05) is 55.5 Å². The molecule has 0 aliphatic rings. The Labute approximate surface area is 124 Å². The third kappa shape index (κ3) is 2.29. The van der Waals surface area contributed by atoms with Crippen LogP contribution in [0.25, 0.3) is 10.8 Å². The zero-order chi connectivity index (χ0) is 15.0. The lowest BCUT2D eigenvalue weighted by molar-refractivity contribution is 0.104. The highest BCUT2D eigenvalue weighted by molar-refractivity contribution is 6.17. The van der Waals surface area contributed by atoms with Gasteiger partial charge in [0.05, 0.1) is 0 Å². The number of carbonyl (C=O) groups excluding carboxylic acids is 1. The molecule has 0 aliphatic heterocycles. The fraction of sp³-hybridized carbons (Fsp3) is 0.105. The summed E-state index contributed by atoms with van der Waals surface area (Å²) in [6.45, 7) is 3.99. The second-order valence-electron chi connectivity index (χ2n) is 5.38.